The largest absolute Gasteiger partial charge is 0.490 e. The number of benzene rings is 1. The Balaban J connectivity index is 0.00000450. The maximum Gasteiger partial charge on any atom is 0.213 e. The van der Waals surface area contributed by atoms with Crippen molar-refractivity contribution in [1.82, 2.24) is 15.6 Å². The van der Waals surface area contributed by atoms with E-state index in [1.807, 2.05) is 32.0 Å². The fourth-order valence-electron chi connectivity index (χ4n) is 2.72. The predicted octanol–water partition coefficient (Wildman–Crippen LogP) is 4.81. The highest BCUT2D eigenvalue weighted by Gasteiger charge is 2.19. The molecule has 2 rings (SSSR count). The molecule has 1 aromatic carbocycles. The van der Waals surface area contributed by atoms with E-state index in [-0.39, 0.29) is 35.4 Å². The van der Waals surface area contributed by atoms with Crippen LogP contribution < -0.4 is 20.1 Å². The number of nitrogens with zero attached hydrogens (tertiary/aromatic N) is 2. The molecule has 0 saturated carbocycles. The lowest BCUT2D eigenvalue weighted by Gasteiger charge is -2.19. The van der Waals surface area contributed by atoms with E-state index in [9.17, 15) is 0 Å². The minimum absolute atomic E-state index is 0. The van der Waals surface area contributed by atoms with Gasteiger partial charge in [-0.15, -0.1) is 24.0 Å². The molecular weight excluding hydrogens is 495 g/mol. The van der Waals surface area contributed by atoms with Crippen molar-refractivity contribution in [3.8, 4) is 11.5 Å². The van der Waals surface area contributed by atoms with E-state index in [4.69, 9.17) is 13.9 Å². The Morgan fingerprint density at radius 3 is 2.40 bits per heavy atom. The molecular formula is C22H35IN4O3. The Hall–Kier alpha value is -1.97. The fourth-order valence-corrected chi connectivity index (χ4v) is 2.72. The predicted molar refractivity (Wildman–Crippen MR) is 131 cm³/mol. The fraction of sp³-hybridized carbons (Fsp3) is 0.545. The summed E-state index contributed by atoms with van der Waals surface area (Å²) in [5, 5.41) is 6.63. The zero-order valence-electron chi connectivity index (χ0n) is 19.0. The van der Waals surface area contributed by atoms with Gasteiger partial charge in [0, 0.05) is 12.5 Å². The van der Waals surface area contributed by atoms with Gasteiger partial charge in [-0.1, -0.05) is 26.8 Å². The third kappa shape index (κ3) is 7.37. The van der Waals surface area contributed by atoms with E-state index < -0.39 is 0 Å². The van der Waals surface area contributed by atoms with E-state index in [1.165, 1.54) is 0 Å². The molecule has 0 bridgehead atoms. The molecule has 0 aliphatic heterocycles. The van der Waals surface area contributed by atoms with Crippen LogP contribution in [-0.4, -0.2) is 31.2 Å². The van der Waals surface area contributed by atoms with Gasteiger partial charge in [-0.05, 0) is 38.5 Å². The minimum atomic E-state index is -0.0639. The molecule has 0 spiro atoms. The molecule has 2 N–H and O–H groups in total. The quantitative estimate of drug-likeness (QED) is 0.290. The second kappa shape index (κ2) is 12.0. The number of guanidine groups is 1. The normalized spacial score (nSPS) is 12.7. The monoisotopic (exact) mass is 530 g/mol. The number of nitrogens with one attached hydrogen (secondary N) is 2. The summed E-state index contributed by atoms with van der Waals surface area (Å²) in [5.74, 6) is 3.66. The summed E-state index contributed by atoms with van der Waals surface area (Å²) in [6.07, 6.45) is 1.78. The van der Waals surface area contributed by atoms with E-state index >= 15 is 0 Å². The third-order valence-corrected chi connectivity index (χ3v) is 4.34. The molecule has 1 heterocycles. The lowest BCUT2D eigenvalue weighted by atomic mass is 9.94. The molecule has 30 heavy (non-hydrogen) atoms. The Morgan fingerprint density at radius 1 is 1.17 bits per heavy atom. The van der Waals surface area contributed by atoms with Crippen molar-refractivity contribution in [3.63, 3.8) is 0 Å². The van der Waals surface area contributed by atoms with Crippen molar-refractivity contribution in [2.24, 2.45) is 4.99 Å². The average molecular weight is 530 g/mol. The lowest BCUT2D eigenvalue weighted by Crippen LogP contribution is -2.38. The maximum atomic E-state index is 5.82. The van der Waals surface area contributed by atoms with Crippen molar-refractivity contribution in [1.29, 1.82) is 0 Å². The Kier molecular flexibility index (Phi) is 10.4. The summed E-state index contributed by atoms with van der Waals surface area (Å²) in [6.45, 7) is 13.9. The molecule has 168 valence electrons. The van der Waals surface area contributed by atoms with Gasteiger partial charge in [-0.2, -0.15) is 0 Å². The van der Waals surface area contributed by atoms with Crippen LogP contribution in [0.25, 0.3) is 0 Å². The second-order valence-electron chi connectivity index (χ2n) is 7.73. The minimum Gasteiger partial charge on any atom is -0.490 e. The number of halogens is 1. The van der Waals surface area contributed by atoms with Gasteiger partial charge in [-0.3, -0.25) is 4.99 Å². The highest BCUT2D eigenvalue weighted by Crippen LogP contribution is 2.30. The summed E-state index contributed by atoms with van der Waals surface area (Å²) in [4.78, 5) is 8.64. The van der Waals surface area contributed by atoms with Crippen molar-refractivity contribution in [2.75, 3.05) is 20.3 Å². The van der Waals surface area contributed by atoms with Crippen molar-refractivity contribution in [3.05, 3.63) is 41.6 Å². The summed E-state index contributed by atoms with van der Waals surface area (Å²) in [5.41, 5.74) is 1.01. The molecule has 0 fully saturated rings. The van der Waals surface area contributed by atoms with Crippen LogP contribution >= 0.6 is 24.0 Å². The zero-order chi connectivity index (χ0) is 21.4. The van der Waals surface area contributed by atoms with Gasteiger partial charge in [0.2, 0.25) is 5.89 Å². The van der Waals surface area contributed by atoms with Gasteiger partial charge in [-0.25, -0.2) is 4.98 Å². The lowest BCUT2D eigenvalue weighted by molar-refractivity contribution is 0.287. The second-order valence-corrected chi connectivity index (χ2v) is 7.73. The molecule has 0 saturated heterocycles. The molecule has 1 atom stereocenters. The van der Waals surface area contributed by atoms with Crippen LogP contribution in [0.4, 0.5) is 0 Å². The van der Waals surface area contributed by atoms with Crippen LogP contribution in [0.2, 0.25) is 0 Å². The molecule has 2 aromatic rings. The van der Waals surface area contributed by atoms with Crippen LogP contribution in [0.5, 0.6) is 11.5 Å². The first-order valence-electron chi connectivity index (χ1n) is 10.1. The van der Waals surface area contributed by atoms with Gasteiger partial charge >= 0.3 is 0 Å². The standard InChI is InChI=1S/C22H34N4O3.HI/c1-8-27-17-11-10-16(12-18(17)28-9-2)15(3)26-21(23-7)25-14-20-24-13-19(29-20)22(4,5)6;/h10-13,15H,8-9,14H2,1-7H3,(H2,23,25,26);1H. The van der Waals surface area contributed by atoms with Crippen LogP contribution in [0.1, 0.15) is 64.8 Å². The summed E-state index contributed by atoms with van der Waals surface area (Å²) in [7, 11) is 1.74. The molecule has 0 aliphatic rings. The highest BCUT2D eigenvalue weighted by molar-refractivity contribution is 14.0. The third-order valence-electron chi connectivity index (χ3n) is 4.34. The van der Waals surface area contributed by atoms with Gasteiger partial charge in [0.05, 0.1) is 32.0 Å². The number of aromatic nitrogens is 1. The Bertz CT molecular complexity index is 815. The molecule has 8 heteroatoms. The van der Waals surface area contributed by atoms with Crippen LogP contribution in [0.15, 0.2) is 33.8 Å². The summed E-state index contributed by atoms with van der Waals surface area (Å²) < 4.78 is 17.2. The van der Waals surface area contributed by atoms with Crippen LogP contribution in [0, 0.1) is 0 Å². The van der Waals surface area contributed by atoms with Gasteiger partial charge in [0.25, 0.3) is 0 Å². The van der Waals surface area contributed by atoms with Crippen LogP contribution in [0.3, 0.4) is 0 Å². The summed E-state index contributed by atoms with van der Waals surface area (Å²) >= 11 is 0. The smallest absolute Gasteiger partial charge is 0.213 e. The van der Waals surface area contributed by atoms with Gasteiger partial charge in [0.15, 0.2) is 17.5 Å². The number of hydrogen-bond donors (Lipinski definition) is 2. The molecule has 7 nitrogen and oxygen atoms in total. The number of rotatable bonds is 8. The van der Waals surface area contributed by atoms with Crippen molar-refractivity contribution >= 4 is 29.9 Å². The Labute approximate surface area is 197 Å². The van der Waals surface area contributed by atoms with E-state index in [0.29, 0.717) is 31.6 Å². The first-order valence-corrected chi connectivity index (χ1v) is 10.1. The van der Waals surface area contributed by atoms with Crippen LogP contribution in [-0.2, 0) is 12.0 Å². The molecule has 0 radical (unpaired) electrons. The number of ether oxygens (including phenoxy) is 2. The molecule has 0 aliphatic carbocycles. The molecule has 1 aromatic heterocycles. The van der Waals surface area contributed by atoms with Gasteiger partial charge in [0.1, 0.15) is 5.76 Å². The van der Waals surface area contributed by atoms with E-state index in [1.54, 1.807) is 13.2 Å². The van der Waals surface area contributed by atoms with Crippen molar-refractivity contribution in [2.45, 2.75) is 59.5 Å². The average Bonchev–Trinajstić information content (AvgIpc) is 3.16. The highest BCUT2D eigenvalue weighted by atomic mass is 127. The number of aliphatic imine (C=N–C) groups is 1. The number of oxazole rings is 1. The Morgan fingerprint density at radius 2 is 1.83 bits per heavy atom. The number of hydrogen-bond acceptors (Lipinski definition) is 5. The zero-order valence-corrected chi connectivity index (χ0v) is 21.4. The molecule has 1 unspecified atom stereocenters. The SMILES string of the molecule is CCOc1ccc(C(C)NC(=NC)NCc2ncc(C(C)(C)C)o2)cc1OCC.I. The van der Waals surface area contributed by atoms with E-state index in [0.717, 1.165) is 22.8 Å². The summed E-state index contributed by atoms with van der Waals surface area (Å²) in [6, 6.07) is 6.00. The first kappa shape index (κ1) is 26.1. The maximum absolute atomic E-state index is 5.82. The molecule has 0 amide bonds. The topological polar surface area (TPSA) is 80.9 Å². The van der Waals surface area contributed by atoms with E-state index in [2.05, 4.69) is 48.3 Å². The van der Waals surface area contributed by atoms with Gasteiger partial charge < -0.3 is 24.5 Å². The van der Waals surface area contributed by atoms with Crippen molar-refractivity contribution < 1.29 is 13.9 Å². The first-order chi connectivity index (χ1) is 13.8.